The molecule has 0 amide bonds. The Morgan fingerprint density at radius 1 is 1.21 bits per heavy atom. The van der Waals surface area contributed by atoms with Gasteiger partial charge in [0.1, 0.15) is 0 Å². The van der Waals surface area contributed by atoms with Crippen molar-refractivity contribution < 1.29 is 8.42 Å². The zero-order chi connectivity index (χ0) is 13.9. The lowest BCUT2D eigenvalue weighted by atomic mass is 10.2. The quantitative estimate of drug-likeness (QED) is 0.872. The minimum Gasteiger partial charge on any atom is -0.326 e. The number of benzene rings is 1. The van der Waals surface area contributed by atoms with E-state index in [0.717, 1.165) is 25.2 Å². The second-order valence-electron chi connectivity index (χ2n) is 4.69. The van der Waals surface area contributed by atoms with Gasteiger partial charge in [-0.2, -0.15) is 4.31 Å². The van der Waals surface area contributed by atoms with E-state index in [1.54, 1.807) is 22.5 Å². The lowest BCUT2D eigenvalue weighted by Crippen LogP contribution is -2.48. The lowest BCUT2D eigenvalue weighted by Gasteiger charge is -2.33. The van der Waals surface area contributed by atoms with Gasteiger partial charge in [-0.1, -0.05) is 19.1 Å². The number of rotatable bonds is 4. The SMILES string of the molecule is CCN1CCN(S(=O)(=O)c2cccc(CN)c2)CC1. The number of sulfonamides is 1. The molecule has 5 nitrogen and oxygen atoms in total. The smallest absolute Gasteiger partial charge is 0.243 e. The zero-order valence-corrected chi connectivity index (χ0v) is 12.1. The van der Waals surface area contributed by atoms with E-state index in [-0.39, 0.29) is 0 Å². The van der Waals surface area contributed by atoms with Crippen LogP contribution in [0.2, 0.25) is 0 Å². The molecular formula is C13H21N3O2S. The Hall–Kier alpha value is -0.950. The van der Waals surface area contributed by atoms with Crippen LogP contribution in [-0.4, -0.2) is 50.3 Å². The normalized spacial score (nSPS) is 18.6. The largest absolute Gasteiger partial charge is 0.326 e. The summed E-state index contributed by atoms with van der Waals surface area (Å²) in [7, 11) is -3.38. The Morgan fingerprint density at radius 2 is 1.89 bits per heavy atom. The van der Waals surface area contributed by atoms with E-state index >= 15 is 0 Å². The molecule has 106 valence electrons. The van der Waals surface area contributed by atoms with Gasteiger partial charge < -0.3 is 10.6 Å². The van der Waals surface area contributed by atoms with Gasteiger partial charge in [0.05, 0.1) is 4.90 Å². The number of hydrogen-bond donors (Lipinski definition) is 1. The second-order valence-corrected chi connectivity index (χ2v) is 6.63. The van der Waals surface area contributed by atoms with E-state index in [0.29, 0.717) is 24.5 Å². The third-order valence-electron chi connectivity index (χ3n) is 3.55. The number of hydrogen-bond acceptors (Lipinski definition) is 4. The minimum atomic E-state index is -3.38. The molecule has 0 aliphatic carbocycles. The van der Waals surface area contributed by atoms with Gasteiger partial charge in [0.25, 0.3) is 0 Å². The molecule has 1 heterocycles. The number of nitrogens with two attached hydrogens (primary N) is 1. The van der Waals surface area contributed by atoms with Crippen LogP contribution in [0.25, 0.3) is 0 Å². The van der Waals surface area contributed by atoms with E-state index in [1.807, 2.05) is 6.07 Å². The van der Waals surface area contributed by atoms with Crippen molar-refractivity contribution in [1.82, 2.24) is 9.21 Å². The summed E-state index contributed by atoms with van der Waals surface area (Å²) in [5.74, 6) is 0. The molecule has 0 spiro atoms. The summed E-state index contributed by atoms with van der Waals surface area (Å²) in [6.45, 7) is 6.13. The first-order valence-corrected chi connectivity index (χ1v) is 8.03. The summed E-state index contributed by atoms with van der Waals surface area (Å²) in [5.41, 5.74) is 6.40. The molecule has 1 aliphatic rings. The molecule has 1 fully saturated rings. The third-order valence-corrected chi connectivity index (χ3v) is 5.45. The summed E-state index contributed by atoms with van der Waals surface area (Å²) < 4.78 is 26.6. The number of piperazine rings is 1. The van der Waals surface area contributed by atoms with Crippen LogP contribution in [0.3, 0.4) is 0 Å². The Balaban J connectivity index is 2.18. The Kier molecular flexibility index (Phi) is 4.57. The highest BCUT2D eigenvalue weighted by Crippen LogP contribution is 2.18. The van der Waals surface area contributed by atoms with E-state index in [4.69, 9.17) is 5.73 Å². The number of nitrogens with zero attached hydrogens (tertiary/aromatic N) is 2. The fourth-order valence-electron chi connectivity index (χ4n) is 2.27. The zero-order valence-electron chi connectivity index (χ0n) is 11.2. The lowest BCUT2D eigenvalue weighted by molar-refractivity contribution is 0.196. The van der Waals surface area contributed by atoms with Crippen LogP contribution in [0.15, 0.2) is 29.2 Å². The standard InChI is InChI=1S/C13H21N3O2S/c1-2-15-6-8-16(9-7-15)19(17,18)13-5-3-4-12(10-13)11-14/h3-5,10H,2,6-9,11,14H2,1H3. The molecule has 0 aromatic heterocycles. The average Bonchev–Trinajstić information content (AvgIpc) is 2.47. The van der Waals surface area contributed by atoms with Crippen molar-refractivity contribution in [2.24, 2.45) is 5.73 Å². The molecule has 1 aliphatic heterocycles. The fraction of sp³-hybridized carbons (Fsp3) is 0.538. The molecule has 0 bridgehead atoms. The second kappa shape index (κ2) is 6.00. The van der Waals surface area contributed by atoms with Crippen LogP contribution >= 0.6 is 0 Å². The molecule has 1 aromatic carbocycles. The predicted molar refractivity (Wildman–Crippen MR) is 75.2 cm³/mol. The van der Waals surface area contributed by atoms with Crippen molar-refractivity contribution in [2.45, 2.75) is 18.4 Å². The van der Waals surface area contributed by atoms with Crippen LogP contribution in [0, 0.1) is 0 Å². The first kappa shape index (κ1) is 14.5. The van der Waals surface area contributed by atoms with Crippen molar-refractivity contribution in [1.29, 1.82) is 0 Å². The minimum absolute atomic E-state index is 0.348. The third kappa shape index (κ3) is 3.14. The van der Waals surface area contributed by atoms with Gasteiger partial charge in [-0.3, -0.25) is 0 Å². The van der Waals surface area contributed by atoms with Crippen LogP contribution in [0.1, 0.15) is 12.5 Å². The van der Waals surface area contributed by atoms with Gasteiger partial charge in [-0.05, 0) is 24.2 Å². The molecule has 1 saturated heterocycles. The maximum Gasteiger partial charge on any atom is 0.243 e. The molecule has 19 heavy (non-hydrogen) atoms. The topological polar surface area (TPSA) is 66.6 Å². The Labute approximate surface area is 115 Å². The summed E-state index contributed by atoms with van der Waals surface area (Å²) in [5, 5.41) is 0. The highest BCUT2D eigenvalue weighted by atomic mass is 32.2. The summed E-state index contributed by atoms with van der Waals surface area (Å²) >= 11 is 0. The summed E-state index contributed by atoms with van der Waals surface area (Å²) in [6.07, 6.45) is 0. The Morgan fingerprint density at radius 3 is 2.47 bits per heavy atom. The monoisotopic (exact) mass is 283 g/mol. The molecule has 1 aromatic rings. The van der Waals surface area contributed by atoms with Crippen molar-refractivity contribution >= 4 is 10.0 Å². The number of likely N-dealkylation sites (N-methyl/N-ethyl adjacent to an activating group) is 1. The molecule has 0 atom stereocenters. The molecular weight excluding hydrogens is 262 g/mol. The van der Waals surface area contributed by atoms with E-state index in [9.17, 15) is 8.42 Å². The molecule has 0 radical (unpaired) electrons. The van der Waals surface area contributed by atoms with E-state index in [2.05, 4.69) is 11.8 Å². The van der Waals surface area contributed by atoms with Crippen molar-refractivity contribution in [2.75, 3.05) is 32.7 Å². The maximum atomic E-state index is 12.5. The highest BCUT2D eigenvalue weighted by molar-refractivity contribution is 7.89. The fourth-order valence-corrected chi connectivity index (χ4v) is 3.76. The first-order chi connectivity index (χ1) is 9.07. The predicted octanol–water partition coefficient (Wildman–Crippen LogP) is 0.472. The van der Waals surface area contributed by atoms with Crippen molar-refractivity contribution in [3.63, 3.8) is 0 Å². The van der Waals surface area contributed by atoms with Gasteiger partial charge in [0.15, 0.2) is 0 Å². The van der Waals surface area contributed by atoms with Gasteiger partial charge in [0.2, 0.25) is 10.0 Å². The van der Waals surface area contributed by atoms with Crippen LogP contribution in [-0.2, 0) is 16.6 Å². The van der Waals surface area contributed by atoms with Gasteiger partial charge in [-0.25, -0.2) is 8.42 Å². The summed E-state index contributed by atoms with van der Waals surface area (Å²) in [6, 6.07) is 6.90. The average molecular weight is 283 g/mol. The molecule has 6 heteroatoms. The first-order valence-electron chi connectivity index (χ1n) is 6.59. The van der Waals surface area contributed by atoms with E-state index < -0.39 is 10.0 Å². The molecule has 2 rings (SSSR count). The molecule has 0 saturated carbocycles. The van der Waals surface area contributed by atoms with Crippen LogP contribution in [0.5, 0.6) is 0 Å². The van der Waals surface area contributed by atoms with E-state index in [1.165, 1.54) is 0 Å². The maximum absolute atomic E-state index is 12.5. The van der Waals surface area contributed by atoms with Gasteiger partial charge >= 0.3 is 0 Å². The van der Waals surface area contributed by atoms with Crippen molar-refractivity contribution in [3.05, 3.63) is 29.8 Å². The molecule has 2 N–H and O–H groups in total. The molecule has 0 unspecified atom stereocenters. The van der Waals surface area contributed by atoms with Crippen LogP contribution < -0.4 is 5.73 Å². The summed E-state index contributed by atoms with van der Waals surface area (Å²) in [4.78, 5) is 2.60. The Bertz CT molecular complexity index is 522. The van der Waals surface area contributed by atoms with Gasteiger partial charge in [-0.15, -0.1) is 0 Å². The van der Waals surface area contributed by atoms with Gasteiger partial charge in [0, 0.05) is 32.7 Å². The van der Waals surface area contributed by atoms with Crippen molar-refractivity contribution in [3.8, 4) is 0 Å². The highest BCUT2D eigenvalue weighted by Gasteiger charge is 2.27. The van der Waals surface area contributed by atoms with Crippen LogP contribution in [0.4, 0.5) is 0 Å².